The van der Waals surface area contributed by atoms with Crippen molar-refractivity contribution >= 4 is 23.2 Å². The summed E-state index contributed by atoms with van der Waals surface area (Å²) in [5.41, 5.74) is 3.81. The van der Waals surface area contributed by atoms with Crippen molar-refractivity contribution in [1.29, 1.82) is 0 Å². The molecule has 146 valence electrons. The fraction of sp³-hybridized carbons (Fsp3) is 0.238. The molecule has 7 heteroatoms. The van der Waals surface area contributed by atoms with E-state index in [4.69, 9.17) is 16.3 Å². The zero-order chi connectivity index (χ0) is 20.3. The number of nitrogens with zero attached hydrogens (tertiary/aromatic N) is 2. The van der Waals surface area contributed by atoms with E-state index in [9.17, 15) is 9.18 Å². The van der Waals surface area contributed by atoms with Crippen LogP contribution in [0.2, 0.25) is 5.02 Å². The van der Waals surface area contributed by atoms with E-state index in [2.05, 4.69) is 10.4 Å². The number of halogens is 2. The van der Waals surface area contributed by atoms with Gasteiger partial charge in [-0.3, -0.25) is 4.79 Å². The minimum absolute atomic E-state index is 0.120. The van der Waals surface area contributed by atoms with Crippen LogP contribution in [0.3, 0.4) is 0 Å². The second-order valence-electron chi connectivity index (χ2n) is 6.44. The first-order valence-electron chi connectivity index (χ1n) is 8.83. The third-order valence-electron chi connectivity index (χ3n) is 4.55. The number of carbonyl (C=O) groups excluding carboxylic acids is 1. The van der Waals surface area contributed by atoms with E-state index in [1.165, 1.54) is 18.2 Å². The molecule has 0 spiro atoms. The maximum absolute atomic E-state index is 13.8. The van der Waals surface area contributed by atoms with Crippen molar-refractivity contribution in [3.8, 4) is 11.4 Å². The Morgan fingerprint density at radius 1 is 1.25 bits per heavy atom. The quantitative estimate of drug-likeness (QED) is 0.641. The van der Waals surface area contributed by atoms with E-state index in [0.29, 0.717) is 6.42 Å². The Hall–Kier alpha value is -2.86. The topological polar surface area (TPSA) is 56.2 Å². The SMILES string of the molecule is COc1cccc(-n2nc(C)c(CCC(=O)Nc3ccc(Cl)cc3F)c2C)c1. The highest BCUT2D eigenvalue weighted by molar-refractivity contribution is 6.30. The molecular formula is C21H21ClFN3O2. The number of methoxy groups -OCH3 is 1. The van der Waals surface area contributed by atoms with E-state index >= 15 is 0 Å². The van der Waals surface area contributed by atoms with Gasteiger partial charge >= 0.3 is 0 Å². The lowest BCUT2D eigenvalue weighted by Crippen LogP contribution is -2.13. The lowest BCUT2D eigenvalue weighted by molar-refractivity contribution is -0.116. The first-order valence-corrected chi connectivity index (χ1v) is 9.21. The molecule has 0 radical (unpaired) electrons. The van der Waals surface area contributed by atoms with Crippen molar-refractivity contribution in [2.24, 2.45) is 0 Å². The number of aromatic nitrogens is 2. The number of nitrogens with one attached hydrogen (secondary N) is 1. The Morgan fingerprint density at radius 3 is 2.75 bits per heavy atom. The summed E-state index contributed by atoms with van der Waals surface area (Å²) in [6, 6.07) is 11.8. The molecule has 3 aromatic rings. The molecule has 0 aliphatic carbocycles. The zero-order valence-corrected chi connectivity index (χ0v) is 16.7. The van der Waals surface area contributed by atoms with Gasteiger partial charge in [0.25, 0.3) is 0 Å². The first-order chi connectivity index (χ1) is 13.4. The summed E-state index contributed by atoms with van der Waals surface area (Å²) < 4.78 is 20.9. The molecule has 1 heterocycles. The molecule has 1 amide bonds. The van der Waals surface area contributed by atoms with E-state index < -0.39 is 5.82 Å². The van der Waals surface area contributed by atoms with Gasteiger partial charge < -0.3 is 10.1 Å². The number of benzene rings is 2. The predicted molar refractivity (Wildman–Crippen MR) is 108 cm³/mol. The molecule has 0 saturated carbocycles. The molecule has 3 rings (SSSR count). The Labute approximate surface area is 168 Å². The summed E-state index contributed by atoms with van der Waals surface area (Å²) in [7, 11) is 1.62. The Bertz CT molecular complexity index is 1020. The van der Waals surface area contributed by atoms with Crippen molar-refractivity contribution < 1.29 is 13.9 Å². The highest BCUT2D eigenvalue weighted by Crippen LogP contribution is 2.23. The average molecular weight is 402 g/mol. The molecule has 1 aromatic heterocycles. The molecule has 2 aromatic carbocycles. The van der Waals surface area contributed by atoms with Crippen LogP contribution in [0.25, 0.3) is 5.69 Å². The van der Waals surface area contributed by atoms with E-state index in [0.717, 1.165) is 28.4 Å². The molecule has 0 atom stereocenters. The first kappa shape index (κ1) is 19.9. The Balaban J connectivity index is 1.72. The molecule has 28 heavy (non-hydrogen) atoms. The van der Waals surface area contributed by atoms with Crippen LogP contribution >= 0.6 is 11.6 Å². The van der Waals surface area contributed by atoms with Crippen LogP contribution in [-0.4, -0.2) is 22.8 Å². The van der Waals surface area contributed by atoms with E-state index in [1.54, 1.807) is 7.11 Å². The Morgan fingerprint density at radius 2 is 2.04 bits per heavy atom. The summed E-state index contributed by atoms with van der Waals surface area (Å²) in [5.74, 6) is -0.0795. The summed E-state index contributed by atoms with van der Waals surface area (Å²) >= 11 is 5.73. The minimum atomic E-state index is -0.556. The van der Waals surface area contributed by atoms with Gasteiger partial charge in [-0.05, 0) is 56.2 Å². The zero-order valence-electron chi connectivity index (χ0n) is 15.9. The highest BCUT2D eigenvalue weighted by atomic mass is 35.5. The summed E-state index contributed by atoms with van der Waals surface area (Å²) in [6.07, 6.45) is 0.718. The van der Waals surface area contributed by atoms with Gasteiger partial charge in [-0.25, -0.2) is 9.07 Å². The van der Waals surface area contributed by atoms with E-state index in [-0.39, 0.29) is 23.0 Å². The molecule has 1 N–H and O–H groups in total. The van der Waals surface area contributed by atoms with Crippen LogP contribution in [-0.2, 0) is 11.2 Å². The van der Waals surface area contributed by atoms with Gasteiger partial charge in [-0.15, -0.1) is 0 Å². The molecule has 0 unspecified atom stereocenters. The molecular weight excluding hydrogens is 381 g/mol. The monoisotopic (exact) mass is 401 g/mol. The molecule has 0 saturated heterocycles. The number of amides is 1. The molecule has 5 nitrogen and oxygen atoms in total. The van der Waals surface area contributed by atoms with Crippen molar-refractivity contribution in [3.63, 3.8) is 0 Å². The normalized spacial score (nSPS) is 10.8. The second-order valence-corrected chi connectivity index (χ2v) is 6.87. The number of rotatable bonds is 6. The van der Waals surface area contributed by atoms with Gasteiger partial charge in [-0.1, -0.05) is 17.7 Å². The third-order valence-corrected chi connectivity index (χ3v) is 4.78. The molecule has 0 bridgehead atoms. The van der Waals surface area contributed by atoms with Crippen LogP contribution in [0, 0.1) is 19.7 Å². The summed E-state index contributed by atoms with van der Waals surface area (Å²) in [6.45, 7) is 3.88. The molecule has 0 fully saturated rings. The number of aryl methyl sites for hydroxylation is 1. The fourth-order valence-corrected chi connectivity index (χ4v) is 3.23. The predicted octanol–water partition coefficient (Wildman–Crippen LogP) is 4.86. The van der Waals surface area contributed by atoms with Crippen LogP contribution < -0.4 is 10.1 Å². The van der Waals surface area contributed by atoms with Gasteiger partial charge in [0, 0.05) is 23.2 Å². The summed E-state index contributed by atoms with van der Waals surface area (Å²) in [5, 5.41) is 7.46. The summed E-state index contributed by atoms with van der Waals surface area (Å²) in [4.78, 5) is 12.3. The molecule has 0 aliphatic rings. The highest BCUT2D eigenvalue weighted by Gasteiger charge is 2.15. The maximum Gasteiger partial charge on any atom is 0.224 e. The van der Waals surface area contributed by atoms with Crippen LogP contribution in [0.5, 0.6) is 5.75 Å². The van der Waals surface area contributed by atoms with Crippen LogP contribution in [0.1, 0.15) is 23.4 Å². The minimum Gasteiger partial charge on any atom is -0.497 e. The van der Waals surface area contributed by atoms with Gasteiger partial charge in [0.1, 0.15) is 11.6 Å². The van der Waals surface area contributed by atoms with Crippen LogP contribution in [0.15, 0.2) is 42.5 Å². The van der Waals surface area contributed by atoms with E-state index in [1.807, 2.05) is 42.8 Å². The number of hydrogen-bond donors (Lipinski definition) is 1. The van der Waals surface area contributed by atoms with Gasteiger partial charge in [0.2, 0.25) is 5.91 Å². The van der Waals surface area contributed by atoms with Gasteiger partial charge in [0.05, 0.1) is 24.2 Å². The maximum atomic E-state index is 13.8. The standard InChI is InChI=1S/C21H21ClFN3O2/c1-13-18(8-10-21(27)24-20-9-7-15(22)11-19(20)23)14(2)26(25-13)16-5-4-6-17(12-16)28-3/h4-7,9,11-12H,8,10H2,1-3H3,(H,24,27). The van der Waals surface area contributed by atoms with Crippen molar-refractivity contribution in [2.75, 3.05) is 12.4 Å². The largest absolute Gasteiger partial charge is 0.497 e. The smallest absolute Gasteiger partial charge is 0.224 e. The van der Waals surface area contributed by atoms with Crippen molar-refractivity contribution in [1.82, 2.24) is 9.78 Å². The number of anilines is 1. The lowest BCUT2D eigenvalue weighted by atomic mass is 10.1. The van der Waals surface area contributed by atoms with Gasteiger partial charge in [-0.2, -0.15) is 5.10 Å². The van der Waals surface area contributed by atoms with Gasteiger partial charge in [0.15, 0.2) is 0 Å². The Kier molecular flexibility index (Phi) is 5.99. The number of hydrogen-bond acceptors (Lipinski definition) is 3. The fourth-order valence-electron chi connectivity index (χ4n) is 3.07. The molecule has 0 aliphatic heterocycles. The third kappa shape index (κ3) is 4.34. The second kappa shape index (κ2) is 8.44. The van der Waals surface area contributed by atoms with Crippen molar-refractivity contribution in [2.45, 2.75) is 26.7 Å². The lowest BCUT2D eigenvalue weighted by Gasteiger charge is -2.08. The van der Waals surface area contributed by atoms with Crippen LogP contribution in [0.4, 0.5) is 10.1 Å². The average Bonchev–Trinajstić information content (AvgIpc) is 2.96. The number of ether oxygens (including phenoxy) is 1. The number of carbonyl (C=O) groups is 1. The van der Waals surface area contributed by atoms with Crippen molar-refractivity contribution in [3.05, 3.63) is 70.3 Å².